The molecule has 2 atom stereocenters. The van der Waals surface area contributed by atoms with Gasteiger partial charge in [-0.3, -0.25) is 4.79 Å². The lowest BCUT2D eigenvalue weighted by molar-refractivity contribution is -0.124. The zero-order valence-corrected chi connectivity index (χ0v) is 14.9. The Morgan fingerprint density at radius 1 is 1.04 bits per heavy atom. The number of hydrogen-bond donors (Lipinski definition) is 1. The highest BCUT2D eigenvalue weighted by molar-refractivity contribution is 8.01. The van der Waals surface area contributed by atoms with Crippen LogP contribution in [0.25, 0.3) is 0 Å². The zero-order chi connectivity index (χ0) is 16.7. The van der Waals surface area contributed by atoms with Gasteiger partial charge in [-0.2, -0.15) is 0 Å². The molecule has 122 valence electrons. The van der Waals surface area contributed by atoms with Gasteiger partial charge in [0.05, 0.1) is 0 Å². The first-order valence-electron chi connectivity index (χ1n) is 8.23. The summed E-state index contributed by atoms with van der Waals surface area (Å²) in [6.45, 7) is 6.22. The third-order valence-corrected chi connectivity index (χ3v) is 5.70. The summed E-state index contributed by atoms with van der Waals surface area (Å²) in [6, 6.07) is 20.4. The zero-order valence-electron chi connectivity index (χ0n) is 14.1. The van der Waals surface area contributed by atoms with Crippen LogP contribution in [0.15, 0.2) is 65.6 Å². The minimum absolute atomic E-state index is 0.0920. The largest absolute Gasteiger partial charge is 0.352 e. The Hall–Kier alpha value is -1.74. The molecule has 0 heterocycles. The molecule has 0 radical (unpaired) electrons. The van der Waals surface area contributed by atoms with E-state index in [2.05, 4.69) is 50.4 Å². The highest BCUT2D eigenvalue weighted by atomic mass is 32.2. The summed E-state index contributed by atoms with van der Waals surface area (Å²) in [7, 11) is 0. The molecule has 2 rings (SSSR count). The molecule has 3 heteroatoms. The number of rotatable bonds is 7. The molecule has 2 nitrogen and oxygen atoms in total. The van der Waals surface area contributed by atoms with Gasteiger partial charge in [0, 0.05) is 10.9 Å². The first-order chi connectivity index (χ1) is 11.1. The average molecular weight is 327 g/mol. The number of amides is 1. The molecule has 0 aliphatic rings. The van der Waals surface area contributed by atoms with Gasteiger partial charge in [0.15, 0.2) is 0 Å². The van der Waals surface area contributed by atoms with Crippen molar-refractivity contribution in [1.82, 2.24) is 5.32 Å². The van der Waals surface area contributed by atoms with E-state index in [9.17, 15) is 4.79 Å². The van der Waals surface area contributed by atoms with Crippen LogP contribution in [-0.4, -0.2) is 11.9 Å². The van der Waals surface area contributed by atoms with E-state index in [0.29, 0.717) is 0 Å². The number of carbonyl (C=O) groups excluding carboxylic acids is 1. The van der Waals surface area contributed by atoms with Crippen molar-refractivity contribution in [2.24, 2.45) is 0 Å². The lowest BCUT2D eigenvalue weighted by Gasteiger charge is -2.32. The molecule has 0 fully saturated rings. The second-order valence-corrected chi connectivity index (χ2v) is 7.12. The van der Waals surface area contributed by atoms with Crippen LogP contribution in [0, 0.1) is 0 Å². The second-order valence-electron chi connectivity index (χ2n) is 5.74. The van der Waals surface area contributed by atoms with Crippen LogP contribution < -0.4 is 5.32 Å². The van der Waals surface area contributed by atoms with E-state index in [-0.39, 0.29) is 11.9 Å². The molecule has 0 spiro atoms. The number of thioether (sulfide) groups is 1. The van der Waals surface area contributed by atoms with Crippen molar-refractivity contribution in [3.05, 3.63) is 66.2 Å². The fourth-order valence-corrected chi connectivity index (χ4v) is 3.76. The van der Waals surface area contributed by atoms with E-state index in [1.165, 1.54) is 0 Å². The predicted molar refractivity (Wildman–Crippen MR) is 98.6 cm³/mol. The first kappa shape index (κ1) is 17.6. The Kier molecular flexibility index (Phi) is 6.28. The van der Waals surface area contributed by atoms with Crippen molar-refractivity contribution < 1.29 is 4.79 Å². The van der Waals surface area contributed by atoms with Gasteiger partial charge in [-0.1, -0.05) is 62.4 Å². The standard InChI is InChI=1S/C20H25NOS/c1-4-16(3)21-19(22)20(5-2,17-12-8-6-9-13-17)23-18-14-10-7-11-15-18/h6-16H,4-5H2,1-3H3,(H,21,22)/t16?,20-/m1/s1. The van der Waals surface area contributed by atoms with E-state index >= 15 is 0 Å². The summed E-state index contributed by atoms with van der Waals surface area (Å²) in [5.74, 6) is 0.0920. The molecular weight excluding hydrogens is 302 g/mol. The summed E-state index contributed by atoms with van der Waals surface area (Å²) >= 11 is 1.64. The molecule has 0 aromatic heterocycles. The van der Waals surface area contributed by atoms with Crippen molar-refractivity contribution in [3.8, 4) is 0 Å². The smallest absolute Gasteiger partial charge is 0.241 e. The molecule has 1 amide bonds. The third-order valence-electron chi connectivity index (χ3n) is 4.13. The highest BCUT2D eigenvalue weighted by Gasteiger charge is 2.40. The summed E-state index contributed by atoms with van der Waals surface area (Å²) in [5.41, 5.74) is 1.05. The Labute approximate surface area is 143 Å². The summed E-state index contributed by atoms with van der Waals surface area (Å²) in [5, 5.41) is 3.18. The van der Waals surface area contributed by atoms with Gasteiger partial charge in [-0.05, 0) is 37.5 Å². The van der Waals surface area contributed by atoms with E-state index in [1.807, 2.05) is 36.4 Å². The van der Waals surface area contributed by atoms with Gasteiger partial charge < -0.3 is 5.32 Å². The normalized spacial score (nSPS) is 14.7. The predicted octanol–water partition coefficient (Wildman–Crippen LogP) is 5.00. The minimum Gasteiger partial charge on any atom is -0.352 e. The Morgan fingerprint density at radius 3 is 2.13 bits per heavy atom. The van der Waals surface area contributed by atoms with Gasteiger partial charge in [0.2, 0.25) is 5.91 Å². The van der Waals surface area contributed by atoms with Gasteiger partial charge in [0.25, 0.3) is 0 Å². The molecule has 0 saturated carbocycles. The van der Waals surface area contributed by atoms with Gasteiger partial charge in [-0.25, -0.2) is 0 Å². The van der Waals surface area contributed by atoms with Crippen LogP contribution in [-0.2, 0) is 9.54 Å². The molecule has 23 heavy (non-hydrogen) atoms. The number of nitrogens with one attached hydrogen (secondary N) is 1. The molecular formula is C20H25NOS. The van der Waals surface area contributed by atoms with Gasteiger partial charge in [-0.15, -0.1) is 11.8 Å². The molecule has 1 unspecified atom stereocenters. The van der Waals surface area contributed by atoms with E-state index in [4.69, 9.17) is 0 Å². The third kappa shape index (κ3) is 4.17. The Bertz CT molecular complexity index is 614. The fourth-order valence-electron chi connectivity index (χ4n) is 2.51. The maximum atomic E-state index is 13.1. The van der Waals surface area contributed by atoms with Crippen LogP contribution in [0.3, 0.4) is 0 Å². The topological polar surface area (TPSA) is 29.1 Å². The Morgan fingerprint density at radius 2 is 1.61 bits per heavy atom. The lowest BCUT2D eigenvalue weighted by Crippen LogP contribution is -2.45. The monoisotopic (exact) mass is 327 g/mol. The number of hydrogen-bond acceptors (Lipinski definition) is 2. The summed E-state index contributed by atoms with van der Waals surface area (Å²) in [4.78, 5) is 14.2. The maximum absolute atomic E-state index is 13.1. The molecule has 0 aliphatic carbocycles. The Balaban J connectivity index is 2.42. The van der Waals surface area contributed by atoms with Crippen LogP contribution in [0.1, 0.15) is 39.2 Å². The van der Waals surface area contributed by atoms with Crippen LogP contribution in [0.2, 0.25) is 0 Å². The fraction of sp³-hybridized carbons (Fsp3) is 0.350. The molecule has 0 saturated heterocycles. The number of benzene rings is 2. The quantitative estimate of drug-likeness (QED) is 0.725. The average Bonchev–Trinajstić information content (AvgIpc) is 2.61. The van der Waals surface area contributed by atoms with Crippen molar-refractivity contribution in [3.63, 3.8) is 0 Å². The summed E-state index contributed by atoms with van der Waals surface area (Å²) in [6.07, 6.45) is 1.66. The minimum atomic E-state index is -0.605. The van der Waals surface area contributed by atoms with Gasteiger partial charge in [0.1, 0.15) is 4.75 Å². The van der Waals surface area contributed by atoms with E-state index < -0.39 is 4.75 Å². The highest BCUT2D eigenvalue weighted by Crippen LogP contribution is 2.44. The first-order valence-corrected chi connectivity index (χ1v) is 9.04. The molecule has 0 aliphatic heterocycles. The van der Waals surface area contributed by atoms with E-state index in [0.717, 1.165) is 23.3 Å². The molecule has 0 bridgehead atoms. The molecule has 1 N–H and O–H groups in total. The summed E-state index contributed by atoms with van der Waals surface area (Å²) < 4.78 is -0.605. The van der Waals surface area contributed by atoms with Crippen LogP contribution in [0.5, 0.6) is 0 Å². The number of carbonyl (C=O) groups is 1. The second kappa shape index (κ2) is 8.21. The molecule has 2 aromatic rings. The van der Waals surface area contributed by atoms with Crippen LogP contribution in [0.4, 0.5) is 0 Å². The van der Waals surface area contributed by atoms with Gasteiger partial charge >= 0.3 is 0 Å². The maximum Gasteiger partial charge on any atom is 0.241 e. The van der Waals surface area contributed by atoms with Crippen molar-refractivity contribution in [2.75, 3.05) is 0 Å². The van der Waals surface area contributed by atoms with Crippen molar-refractivity contribution in [2.45, 2.75) is 49.3 Å². The van der Waals surface area contributed by atoms with Crippen molar-refractivity contribution >= 4 is 17.7 Å². The SMILES string of the molecule is CCC(C)NC(=O)[C@](CC)(Sc1ccccc1)c1ccccc1. The van der Waals surface area contributed by atoms with E-state index in [1.54, 1.807) is 11.8 Å². The molecule has 2 aromatic carbocycles. The van der Waals surface area contributed by atoms with Crippen LogP contribution >= 0.6 is 11.8 Å². The lowest BCUT2D eigenvalue weighted by atomic mass is 9.94. The van der Waals surface area contributed by atoms with Crippen molar-refractivity contribution in [1.29, 1.82) is 0 Å².